The van der Waals surface area contributed by atoms with Crippen LogP contribution in [0.4, 0.5) is 0 Å². The van der Waals surface area contributed by atoms with Crippen LogP contribution in [0.2, 0.25) is 0 Å². The molecule has 0 heterocycles. The van der Waals surface area contributed by atoms with Gasteiger partial charge in [-0.15, -0.1) is 0 Å². The van der Waals surface area contributed by atoms with Crippen molar-refractivity contribution in [3.05, 3.63) is 158 Å². The lowest BCUT2D eigenvalue weighted by molar-refractivity contribution is -0.870. The highest BCUT2D eigenvalue weighted by atomic mass is 31.2. The maximum absolute atomic E-state index is 12.8. The van der Waals surface area contributed by atoms with E-state index in [2.05, 4.69) is 172 Å². The summed E-state index contributed by atoms with van der Waals surface area (Å²) >= 11 is 0. The van der Waals surface area contributed by atoms with Gasteiger partial charge in [-0.25, -0.2) is 0 Å². The first-order valence-electron chi connectivity index (χ1n) is 33.2. The Morgan fingerprint density at radius 2 is 0.643 bits per heavy atom. The van der Waals surface area contributed by atoms with Crippen LogP contribution in [-0.2, 0) is 32.7 Å². The van der Waals surface area contributed by atoms with E-state index < -0.39 is 32.5 Å². The average Bonchev–Trinajstić information content (AvgIpc) is 3.61. The molecule has 0 aliphatic carbocycles. The summed E-state index contributed by atoms with van der Waals surface area (Å²) in [5.41, 5.74) is 0. The molecule has 0 amide bonds. The van der Waals surface area contributed by atoms with Gasteiger partial charge in [-0.2, -0.15) is 0 Å². The lowest BCUT2D eigenvalue weighted by Crippen LogP contribution is -2.37. The van der Waals surface area contributed by atoms with Gasteiger partial charge in [0.2, 0.25) is 0 Å². The Kier molecular flexibility index (Phi) is 59.9. The van der Waals surface area contributed by atoms with E-state index in [1.807, 2.05) is 21.1 Å². The maximum Gasteiger partial charge on any atom is 0.306 e. The molecule has 0 bridgehead atoms. The molecule has 9 nitrogen and oxygen atoms in total. The molecule has 0 aromatic carbocycles. The number of allylic oxidation sites excluding steroid dienone is 26. The molecule has 0 saturated carbocycles. The molecular formula is C74H122NO8P. The van der Waals surface area contributed by atoms with Crippen LogP contribution in [0.3, 0.4) is 0 Å². The van der Waals surface area contributed by atoms with Gasteiger partial charge >= 0.3 is 11.9 Å². The monoisotopic (exact) mass is 1180 g/mol. The second-order valence-electron chi connectivity index (χ2n) is 22.7. The number of carbonyl (C=O) groups excluding carboxylic acids is 2. The van der Waals surface area contributed by atoms with Crippen LogP contribution < -0.4 is 4.89 Å². The number of quaternary nitrogens is 1. The Morgan fingerprint density at radius 3 is 0.952 bits per heavy atom. The summed E-state index contributed by atoms with van der Waals surface area (Å²) in [7, 11) is 1.13. The van der Waals surface area contributed by atoms with E-state index in [-0.39, 0.29) is 26.1 Å². The molecule has 0 aliphatic heterocycles. The van der Waals surface area contributed by atoms with Crippen molar-refractivity contribution in [2.75, 3.05) is 47.5 Å². The highest BCUT2D eigenvalue weighted by Gasteiger charge is 2.22. The van der Waals surface area contributed by atoms with E-state index in [1.54, 1.807) is 0 Å². The van der Waals surface area contributed by atoms with Crippen molar-refractivity contribution in [2.45, 2.75) is 251 Å². The van der Waals surface area contributed by atoms with Gasteiger partial charge < -0.3 is 27.9 Å². The molecular weight excluding hydrogens is 1060 g/mol. The fraction of sp³-hybridized carbons (Fsp3) is 0.622. The second kappa shape index (κ2) is 63.1. The number of hydrogen-bond donors (Lipinski definition) is 0. The van der Waals surface area contributed by atoms with Crippen molar-refractivity contribution in [1.29, 1.82) is 0 Å². The van der Waals surface area contributed by atoms with Gasteiger partial charge in [0.25, 0.3) is 7.82 Å². The van der Waals surface area contributed by atoms with E-state index in [0.717, 1.165) is 135 Å². The highest BCUT2D eigenvalue weighted by molar-refractivity contribution is 7.45. The van der Waals surface area contributed by atoms with Gasteiger partial charge in [-0.1, -0.05) is 268 Å². The average molecular weight is 1180 g/mol. The van der Waals surface area contributed by atoms with Crippen LogP contribution in [0.15, 0.2) is 158 Å². The third-order valence-corrected chi connectivity index (χ3v) is 14.5. The Hall–Kier alpha value is -4.37. The van der Waals surface area contributed by atoms with Crippen molar-refractivity contribution >= 4 is 19.8 Å². The minimum atomic E-state index is -4.66. The van der Waals surface area contributed by atoms with Gasteiger partial charge in [-0.05, 0) is 122 Å². The SMILES string of the molecule is CC/C=C\C/C=C\C/C=C\C/C=C\C/C=C\C/C=C\C/C=C\C/C=C\CCCCCCC(=O)OC(COC(=O)CCCCCCCCCCCCCCCCC/C=C\C/C=C\C/C=C\C/C=C\C/C=C\CC)COP(=O)([O-])OCC[N+](C)(C)C. The fourth-order valence-corrected chi connectivity index (χ4v) is 9.25. The summed E-state index contributed by atoms with van der Waals surface area (Å²) in [5, 5.41) is 0. The molecule has 476 valence electrons. The normalized spacial score (nSPS) is 14.2. The smallest absolute Gasteiger partial charge is 0.306 e. The number of unbranched alkanes of at least 4 members (excludes halogenated alkanes) is 19. The molecule has 0 saturated heterocycles. The van der Waals surface area contributed by atoms with E-state index in [1.165, 1.54) is 77.0 Å². The van der Waals surface area contributed by atoms with Crippen LogP contribution in [0.5, 0.6) is 0 Å². The Bertz CT molecular complexity index is 1970. The fourth-order valence-electron chi connectivity index (χ4n) is 8.52. The summed E-state index contributed by atoms with van der Waals surface area (Å²) in [6, 6.07) is 0. The van der Waals surface area contributed by atoms with Crippen molar-refractivity contribution in [1.82, 2.24) is 0 Å². The molecule has 0 radical (unpaired) electrons. The van der Waals surface area contributed by atoms with E-state index in [9.17, 15) is 19.0 Å². The third kappa shape index (κ3) is 66.8. The maximum atomic E-state index is 12.8. The first-order valence-corrected chi connectivity index (χ1v) is 34.7. The van der Waals surface area contributed by atoms with E-state index in [4.69, 9.17) is 18.5 Å². The quantitative estimate of drug-likeness (QED) is 0.0195. The molecule has 84 heavy (non-hydrogen) atoms. The minimum absolute atomic E-state index is 0.0444. The summed E-state index contributed by atoms with van der Waals surface area (Å²) < 4.78 is 34.2. The molecule has 0 aliphatic rings. The zero-order chi connectivity index (χ0) is 61.2. The van der Waals surface area contributed by atoms with Gasteiger partial charge in [0.05, 0.1) is 27.7 Å². The van der Waals surface area contributed by atoms with Crippen LogP contribution in [0.25, 0.3) is 0 Å². The topological polar surface area (TPSA) is 111 Å². The molecule has 0 aromatic rings. The predicted molar refractivity (Wildman–Crippen MR) is 360 cm³/mol. The lowest BCUT2D eigenvalue weighted by atomic mass is 10.0. The summed E-state index contributed by atoms with van der Waals surface area (Å²) in [6.45, 7) is 3.97. The summed E-state index contributed by atoms with van der Waals surface area (Å²) in [6.07, 6.45) is 94.5. The van der Waals surface area contributed by atoms with Crippen LogP contribution in [-0.4, -0.2) is 70.0 Å². The Balaban J connectivity index is 4.18. The standard InChI is InChI=1S/C74H122NO8P/c1-6-8-10-12-14-16-18-20-22-24-26-28-30-32-34-36-37-39-40-42-44-46-48-50-52-54-56-58-60-62-64-66-73(76)80-70-72(71-82-84(78,79)81-69-68-75(3,4)5)83-74(77)67-65-63-61-59-57-55-53-51-49-47-45-43-41-38-35-33-31-29-27-25-23-21-19-17-15-13-11-9-7-2/h8-11,14-17,20-23,26-29,32-35,41,43,47,49,53,55,72H,6-7,12-13,18-19,24-25,30-31,36-40,42,44-46,48,50-52,54,56-71H2,1-5H3/b10-8-,11-9-,16-14-,17-15-,22-20-,23-21-,28-26-,29-27-,34-32-,35-33-,43-41-,49-47-,55-53-. The molecule has 0 N–H and O–H groups in total. The number of nitrogens with zero attached hydrogens (tertiary/aromatic N) is 1. The van der Waals surface area contributed by atoms with Crippen LogP contribution in [0, 0.1) is 0 Å². The number of carbonyl (C=O) groups is 2. The number of phosphoric acid groups is 1. The van der Waals surface area contributed by atoms with Gasteiger partial charge in [0.1, 0.15) is 19.8 Å². The zero-order valence-corrected chi connectivity index (χ0v) is 54.9. The Morgan fingerprint density at radius 1 is 0.369 bits per heavy atom. The molecule has 0 rings (SSSR count). The highest BCUT2D eigenvalue weighted by Crippen LogP contribution is 2.38. The van der Waals surface area contributed by atoms with E-state index >= 15 is 0 Å². The van der Waals surface area contributed by atoms with Crippen LogP contribution >= 0.6 is 7.82 Å². The first kappa shape index (κ1) is 79.6. The largest absolute Gasteiger partial charge is 0.756 e. The molecule has 0 fully saturated rings. The minimum Gasteiger partial charge on any atom is -0.756 e. The summed E-state index contributed by atoms with van der Waals surface area (Å²) in [4.78, 5) is 38.0. The number of ether oxygens (including phenoxy) is 2. The van der Waals surface area contributed by atoms with Crippen molar-refractivity contribution in [2.24, 2.45) is 0 Å². The molecule has 0 spiro atoms. The number of rotatable bonds is 59. The van der Waals surface area contributed by atoms with Crippen LogP contribution in [0.1, 0.15) is 245 Å². The van der Waals surface area contributed by atoms with Gasteiger partial charge in [0, 0.05) is 12.8 Å². The number of likely N-dealkylation sites (N-methyl/N-ethyl adjacent to an activating group) is 1. The lowest BCUT2D eigenvalue weighted by Gasteiger charge is -2.28. The number of esters is 2. The van der Waals surface area contributed by atoms with E-state index in [0.29, 0.717) is 17.4 Å². The van der Waals surface area contributed by atoms with Gasteiger partial charge in [0.15, 0.2) is 6.10 Å². The van der Waals surface area contributed by atoms with Crippen molar-refractivity contribution in [3.63, 3.8) is 0 Å². The molecule has 2 atom stereocenters. The molecule has 10 heteroatoms. The molecule has 0 aromatic heterocycles. The third-order valence-electron chi connectivity index (χ3n) is 13.5. The van der Waals surface area contributed by atoms with Gasteiger partial charge in [-0.3, -0.25) is 14.2 Å². The number of hydrogen-bond acceptors (Lipinski definition) is 8. The van der Waals surface area contributed by atoms with Crippen molar-refractivity contribution in [3.8, 4) is 0 Å². The second-order valence-corrected chi connectivity index (χ2v) is 24.1. The molecule has 2 unspecified atom stereocenters. The first-order chi connectivity index (χ1) is 41.0. The predicted octanol–water partition coefficient (Wildman–Crippen LogP) is 21.0. The Labute approximate surface area is 516 Å². The summed E-state index contributed by atoms with van der Waals surface area (Å²) in [5.74, 6) is -0.870. The van der Waals surface area contributed by atoms with Crippen molar-refractivity contribution < 1.29 is 42.1 Å². The zero-order valence-electron chi connectivity index (χ0n) is 54.0. The number of phosphoric ester groups is 1.